The summed E-state index contributed by atoms with van der Waals surface area (Å²) in [6, 6.07) is 15.3. The highest BCUT2D eigenvalue weighted by molar-refractivity contribution is 6.08. The summed E-state index contributed by atoms with van der Waals surface area (Å²) in [6.45, 7) is 2.45. The summed E-state index contributed by atoms with van der Waals surface area (Å²) in [4.78, 5) is 11.7. The van der Waals surface area contributed by atoms with Gasteiger partial charge < -0.3 is 14.2 Å². The van der Waals surface area contributed by atoms with Crippen molar-refractivity contribution in [2.24, 2.45) is 0 Å². The molecule has 0 radical (unpaired) electrons. The van der Waals surface area contributed by atoms with Gasteiger partial charge in [-0.2, -0.15) is 0 Å². The number of hydrogen-bond donors (Lipinski definition) is 1. The van der Waals surface area contributed by atoms with Crippen molar-refractivity contribution in [2.45, 2.75) is 6.92 Å². The number of carboxylic acids is 1. The van der Waals surface area contributed by atoms with Crippen molar-refractivity contribution >= 4 is 33.2 Å². The smallest absolute Gasteiger partial charge is 0.337 e. The van der Waals surface area contributed by atoms with Crippen molar-refractivity contribution in [1.82, 2.24) is 4.40 Å². The maximum Gasteiger partial charge on any atom is 0.337 e. The molecule has 0 bridgehead atoms. The lowest BCUT2D eigenvalue weighted by atomic mass is 10.1. The van der Waals surface area contributed by atoms with Gasteiger partial charge in [0.05, 0.1) is 23.2 Å². The first-order valence-electron chi connectivity index (χ1n) is 7.52. The van der Waals surface area contributed by atoms with E-state index in [1.807, 2.05) is 53.9 Å². The molecule has 23 heavy (non-hydrogen) atoms. The molecule has 0 saturated heterocycles. The van der Waals surface area contributed by atoms with Gasteiger partial charge in [0.1, 0.15) is 5.75 Å². The number of rotatable bonds is 3. The second-order valence-corrected chi connectivity index (χ2v) is 5.42. The number of benzene rings is 2. The molecule has 0 amide bonds. The summed E-state index contributed by atoms with van der Waals surface area (Å²) in [6.07, 6.45) is 1.98. The fourth-order valence-corrected chi connectivity index (χ4v) is 3.16. The fraction of sp³-hybridized carbons (Fsp3) is 0.105. The topological polar surface area (TPSA) is 50.9 Å². The minimum atomic E-state index is -0.941. The van der Waals surface area contributed by atoms with Gasteiger partial charge in [-0.25, -0.2) is 4.79 Å². The highest BCUT2D eigenvalue weighted by Gasteiger charge is 2.16. The minimum absolute atomic E-state index is 0.273. The Balaban J connectivity index is 2.22. The van der Waals surface area contributed by atoms with Gasteiger partial charge in [-0.1, -0.05) is 24.3 Å². The van der Waals surface area contributed by atoms with Crippen LogP contribution in [0, 0.1) is 0 Å². The van der Waals surface area contributed by atoms with Gasteiger partial charge in [0.2, 0.25) is 0 Å². The van der Waals surface area contributed by atoms with E-state index >= 15 is 0 Å². The first-order chi connectivity index (χ1) is 11.2. The van der Waals surface area contributed by atoms with Crippen LogP contribution in [0.1, 0.15) is 17.3 Å². The predicted octanol–water partition coefficient (Wildman–Crippen LogP) is 4.34. The van der Waals surface area contributed by atoms with Gasteiger partial charge in [-0.05, 0) is 31.2 Å². The van der Waals surface area contributed by atoms with Crippen LogP contribution in [0.5, 0.6) is 5.75 Å². The Labute approximate surface area is 132 Å². The SMILES string of the molecule is CCOc1ccc(C(=O)O)c2c1ccc1c3ccccc3cn12. The fourth-order valence-electron chi connectivity index (χ4n) is 3.16. The van der Waals surface area contributed by atoms with Crippen LogP contribution in [0.4, 0.5) is 0 Å². The lowest BCUT2D eigenvalue weighted by molar-refractivity contribution is 0.0698. The third-order valence-corrected chi connectivity index (χ3v) is 4.12. The zero-order valence-electron chi connectivity index (χ0n) is 12.6. The average molecular weight is 305 g/mol. The van der Waals surface area contributed by atoms with E-state index in [0.717, 1.165) is 21.7 Å². The van der Waals surface area contributed by atoms with Gasteiger partial charge in [0.25, 0.3) is 0 Å². The molecule has 4 heteroatoms. The highest BCUT2D eigenvalue weighted by Crippen LogP contribution is 2.33. The molecule has 0 saturated carbocycles. The Hall–Kier alpha value is -3.01. The van der Waals surface area contributed by atoms with Crippen molar-refractivity contribution in [1.29, 1.82) is 0 Å². The van der Waals surface area contributed by atoms with Crippen LogP contribution in [0.3, 0.4) is 0 Å². The standard InChI is InChI=1S/C19H15NO3/c1-2-23-17-10-8-15(19(21)22)18-14(17)7-9-16-13-6-4-3-5-12(13)11-20(16)18/h3-11H,2H2,1H3,(H,21,22). The van der Waals surface area contributed by atoms with E-state index in [1.54, 1.807) is 12.1 Å². The number of ether oxygens (including phenoxy) is 1. The van der Waals surface area contributed by atoms with Gasteiger partial charge in [0.15, 0.2) is 0 Å². The second kappa shape index (κ2) is 5.02. The molecule has 2 aromatic carbocycles. The maximum atomic E-state index is 11.7. The summed E-state index contributed by atoms with van der Waals surface area (Å²) in [7, 11) is 0. The van der Waals surface area contributed by atoms with E-state index in [2.05, 4.69) is 0 Å². The molecule has 1 N–H and O–H groups in total. The Morgan fingerprint density at radius 1 is 1.09 bits per heavy atom. The van der Waals surface area contributed by atoms with Crippen LogP contribution in [0.2, 0.25) is 0 Å². The summed E-state index contributed by atoms with van der Waals surface area (Å²) in [5.74, 6) is -0.240. The molecule has 4 rings (SSSR count). The monoisotopic (exact) mass is 305 g/mol. The van der Waals surface area contributed by atoms with Crippen molar-refractivity contribution in [3.8, 4) is 5.75 Å². The molecule has 0 aliphatic rings. The first-order valence-corrected chi connectivity index (χ1v) is 7.52. The molecule has 2 aromatic heterocycles. The number of aromatic nitrogens is 1. The van der Waals surface area contributed by atoms with Crippen molar-refractivity contribution < 1.29 is 14.6 Å². The Bertz CT molecular complexity index is 1060. The molecule has 114 valence electrons. The van der Waals surface area contributed by atoms with E-state index in [0.29, 0.717) is 17.9 Å². The number of carboxylic acid groups (broad SMARTS) is 1. The molecule has 0 unspecified atom stereocenters. The molecule has 4 aromatic rings. The van der Waals surface area contributed by atoms with Crippen LogP contribution in [0.25, 0.3) is 27.2 Å². The van der Waals surface area contributed by atoms with E-state index in [1.165, 1.54) is 0 Å². The Kier molecular flexibility index (Phi) is 2.98. The third-order valence-electron chi connectivity index (χ3n) is 4.12. The van der Waals surface area contributed by atoms with Gasteiger partial charge in [-0.3, -0.25) is 0 Å². The second-order valence-electron chi connectivity index (χ2n) is 5.42. The normalized spacial score (nSPS) is 11.3. The summed E-state index contributed by atoms with van der Waals surface area (Å²) < 4.78 is 7.62. The molecule has 0 atom stereocenters. The lowest BCUT2D eigenvalue weighted by Gasteiger charge is -2.11. The highest BCUT2D eigenvalue weighted by atomic mass is 16.5. The largest absolute Gasteiger partial charge is 0.493 e. The quantitative estimate of drug-likeness (QED) is 0.612. The summed E-state index contributed by atoms with van der Waals surface area (Å²) in [5, 5.41) is 12.6. The van der Waals surface area contributed by atoms with E-state index in [-0.39, 0.29) is 5.56 Å². The van der Waals surface area contributed by atoms with Crippen LogP contribution in [0.15, 0.2) is 54.7 Å². The number of fused-ring (bicyclic) bond motifs is 5. The van der Waals surface area contributed by atoms with Crippen molar-refractivity contribution in [3.05, 3.63) is 60.3 Å². The number of pyridine rings is 1. The molecular weight excluding hydrogens is 290 g/mol. The molecule has 2 heterocycles. The summed E-state index contributed by atoms with van der Waals surface area (Å²) in [5.41, 5.74) is 1.93. The Morgan fingerprint density at radius 2 is 1.91 bits per heavy atom. The van der Waals surface area contributed by atoms with Crippen molar-refractivity contribution in [3.63, 3.8) is 0 Å². The molecule has 0 aliphatic heterocycles. The number of carbonyl (C=O) groups is 1. The average Bonchev–Trinajstić information content (AvgIpc) is 2.94. The van der Waals surface area contributed by atoms with E-state index in [4.69, 9.17) is 4.74 Å². The zero-order chi connectivity index (χ0) is 16.0. The van der Waals surface area contributed by atoms with Gasteiger partial charge >= 0.3 is 5.97 Å². The predicted molar refractivity (Wildman–Crippen MR) is 90.5 cm³/mol. The van der Waals surface area contributed by atoms with Crippen LogP contribution < -0.4 is 4.74 Å². The molecule has 0 aliphatic carbocycles. The Morgan fingerprint density at radius 3 is 2.70 bits per heavy atom. The number of aromatic carboxylic acids is 1. The molecule has 0 spiro atoms. The van der Waals surface area contributed by atoms with Gasteiger partial charge in [-0.15, -0.1) is 0 Å². The van der Waals surface area contributed by atoms with E-state index in [9.17, 15) is 9.90 Å². The number of nitrogens with zero attached hydrogens (tertiary/aromatic N) is 1. The third kappa shape index (κ3) is 1.95. The molecular formula is C19H15NO3. The van der Waals surface area contributed by atoms with E-state index < -0.39 is 5.97 Å². The lowest BCUT2D eigenvalue weighted by Crippen LogP contribution is -2.03. The van der Waals surface area contributed by atoms with Crippen LogP contribution >= 0.6 is 0 Å². The zero-order valence-corrected chi connectivity index (χ0v) is 12.6. The maximum absolute atomic E-state index is 11.7. The molecule has 0 fully saturated rings. The van der Waals surface area contributed by atoms with Crippen LogP contribution in [-0.2, 0) is 0 Å². The first kappa shape index (κ1) is 13.6. The van der Waals surface area contributed by atoms with Crippen LogP contribution in [-0.4, -0.2) is 22.1 Å². The minimum Gasteiger partial charge on any atom is -0.493 e. The summed E-state index contributed by atoms with van der Waals surface area (Å²) >= 11 is 0. The van der Waals surface area contributed by atoms with Gasteiger partial charge in [0, 0.05) is 22.4 Å². The number of hydrogen-bond acceptors (Lipinski definition) is 2. The van der Waals surface area contributed by atoms with Crippen molar-refractivity contribution in [2.75, 3.05) is 6.61 Å². The molecule has 4 nitrogen and oxygen atoms in total.